The molecule has 0 amide bonds. The molecule has 1 rings (SSSR count). The first kappa shape index (κ1) is 35.4. The maximum Gasteiger partial charge on any atom is 0.384 e. The van der Waals surface area contributed by atoms with Gasteiger partial charge in [-0.15, -0.1) is 0 Å². The molecule has 1 fully saturated rings. The van der Waals surface area contributed by atoms with Crippen LogP contribution >= 0.6 is 0 Å². The molecule has 21 heteroatoms. The molecule has 1 aliphatic rings. The van der Waals surface area contributed by atoms with Crippen molar-refractivity contribution in [2.75, 3.05) is 6.61 Å². The molecule has 228 valence electrons. The van der Waals surface area contributed by atoms with Crippen LogP contribution in [0.3, 0.4) is 0 Å². The van der Waals surface area contributed by atoms with E-state index in [1.54, 1.807) is 0 Å². The maximum absolute atomic E-state index is 15.2. The van der Waals surface area contributed by atoms with Crippen molar-refractivity contribution in [3.05, 3.63) is 0 Å². The second-order valence-corrected chi connectivity index (χ2v) is 36.9. The summed E-state index contributed by atoms with van der Waals surface area (Å²) in [5, 5.41) is 0. The number of halogens is 17. The van der Waals surface area contributed by atoms with E-state index in [0.717, 1.165) is 0 Å². The quantitative estimate of drug-likeness (QED) is 0.173. The zero-order valence-corrected chi connectivity index (χ0v) is 23.1. The third-order valence-electron chi connectivity index (χ3n) is 7.75. The van der Waals surface area contributed by atoms with E-state index in [0.29, 0.717) is 6.55 Å². The van der Waals surface area contributed by atoms with Gasteiger partial charge in [0.05, 0.1) is 7.11 Å². The van der Waals surface area contributed by atoms with Crippen LogP contribution < -0.4 is 0 Å². The molecule has 4 unspecified atom stereocenters. The van der Waals surface area contributed by atoms with E-state index < -0.39 is 89.2 Å². The highest BCUT2D eigenvalue weighted by molar-refractivity contribution is 7.68. The fourth-order valence-corrected chi connectivity index (χ4v) is 34.3. The standard InChI is InChI=1S/C17H23F17OSi3/c1-36(2)7-6-35-38(5,37(36,3)4)11(22)13(25,26)15(29,30)17(33,34)16(31,32)14(27,28)12(23,24)9(19)8(18)10(20)21/h8-11H,6-7H2,1-5H3. The Bertz CT molecular complexity index is 865. The van der Waals surface area contributed by atoms with Crippen LogP contribution in [-0.4, -0.2) is 89.2 Å². The Balaban J connectivity index is 3.68. The molecule has 0 saturated carbocycles. The van der Waals surface area contributed by atoms with Gasteiger partial charge in [0.1, 0.15) is 0 Å². The Kier molecular flexibility index (Phi) is 9.11. The van der Waals surface area contributed by atoms with Gasteiger partial charge in [-0.2, -0.15) is 52.7 Å². The van der Waals surface area contributed by atoms with Crippen LogP contribution in [0.4, 0.5) is 74.6 Å². The molecular weight excluding hydrogens is 627 g/mol. The van der Waals surface area contributed by atoms with Crippen molar-refractivity contribution in [3.63, 3.8) is 0 Å². The van der Waals surface area contributed by atoms with Crippen LogP contribution in [0.5, 0.6) is 0 Å². The minimum Gasteiger partial charge on any atom is -0.417 e. The van der Waals surface area contributed by atoms with Crippen LogP contribution in [0.2, 0.25) is 38.8 Å². The lowest BCUT2D eigenvalue weighted by Crippen LogP contribution is -2.83. The van der Waals surface area contributed by atoms with Gasteiger partial charge in [0, 0.05) is 14.2 Å². The molecule has 0 aliphatic carbocycles. The van der Waals surface area contributed by atoms with Crippen LogP contribution in [0.1, 0.15) is 0 Å². The summed E-state index contributed by atoms with van der Waals surface area (Å²) in [6.07, 6.45) is -15.6. The van der Waals surface area contributed by atoms with Crippen molar-refractivity contribution in [3.8, 4) is 0 Å². The fourth-order valence-electron chi connectivity index (χ4n) is 3.89. The van der Waals surface area contributed by atoms with Crippen molar-refractivity contribution in [2.24, 2.45) is 0 Å². The first-order valence-corrected chi connectivity index (χ1v) is 21.2. The summed E-state index contributed by atoms with van der Waals surface area (Å²) >= 11 is 0. The molecule has 1 aliphatic heterocycles. The number of alkyl halides is 17. The average Bonchev–Trinajstić information content (AvgIpc) is 2.75. The Hall–Kier alpha value is -0.579. The highest BCUT2D eigenvalue weighted by Gasteiger charge is 2.92. The molecule has 38 heavy (non-hydrogen) atoms. The largest absolute Gasteiger partial charge is 0.417 e. The lowest BCUT2D eigenvalue weighted by Gasteiger charge is -2.55. The van der Waals surface area contributed by atoms with E-state index in [1.165, 1.54) is 26.2 Å². The maximum atomic E-state index is 15.2. The molecule has 0 aromatic carbocycles. The van der Waals surface area contributed by atoms with E-state index in [2.05, 4.69) is 0 Å². The van der Waals surface area contributed by atoms with E-state index >= 15 is 4.39 Å². The fraction of sp³-hybridized carbons (Fsp3) is 1.00. The minimum atomic E-state index is -8.36. The van der Waals surface area contributed by atoms with Crippen LogP contribution in [-0.2, 0) is 4.43 Å². The molecule has 0 bridgehead atoms. The van der Waals surface area contributed by atoms with E-state index in [-0.39, 0.29) is 6.04 Å². The van der Waals surface area contributed by atoms with Gasteiger partial charge in [-0.25, -0.2) is 22.0 Å². The van der Waals surface area contributed by atoms with E-state index in [9.17, 15) is 70.2 Å². The summed E-state index contributed by atoms with van der Waals surface area (Å²) in [6.45, 7) is 5.58. The number of rotatable bonds is 10. The van der Waals surface area contributed by atoms with Crippen molar-refractivity contribution in [1.29, 1.82) is 0 Å². The molecule has 1 nitrogen and oxygen atoms in total. The monoisotopic (exact) mass is 650 g/mol. The van der Waals surface area contributed by atoms with E-state index in [4.69, 9.17) is 4.43 Å². The smallest absolute Gasteiger partial charge is 0.384 e. The third kappa shape index (κ3) is 4.51. The molecule has 0 aromatic rings. The van der Waals surface area contributed by atoms with Crippen molar-refractivity contribution in [1.82, 2.24) is 0 Å². The van der Waals surface area contributed by atoms with Crippen LogP contribution in [0.25, 0.3) is 0 Å². The summed E-state index contributed by atoms with van der Waals surface area (Å²) < 4.78 is 240. The zero-order chi connectivity index (χ0) is 30.9. The van der Waals surface area contributed by atoms with Gasteiger partial charge >= 0.3 is 35.5 Å². The molecular formula is C17H23F17OSi3. The first-order chi connectivity index (χ1) is 16.4. The van der Waals surface area contributed by atoms with Gasteiger partial charge in [0.15, 0.2) is 12.0 Å². The number of hydrogen-bond acceptors (Lipinski definition) is 1. The summed E-state index contributed by atoms with van der Waals surface area (Å²) in [7, 11) is -11.2. The Morgan fingerprint density at radius 1 is 0.579 bits per heavy atom. The third-order valence-corrected chi connectivity index (χ3v) is 47.3. The Morgan fingerprint density at radius 2 is 0.947 bits per heavy atom. The number of hydrogen-bond donors (Lipinski definition) is 0. The van der Waals surface area contributed by atoms with Gasteiger partial charge in [0.25, 0.3) is 6.43 Å². The molecule has 0 spiro atoms. The van der Waals surface area contributed by atoms with Crippen molar-refractivity contribution < 1.29 is 79.1 Å². The summed E-state index contributed by atoms with van der Waals surface area (Å²) in [4.78, 5) is 0. The molecule has 1 heterocycles. The van der Waals surface area contributed by atoms with Gasteiger partial charge in [-0.05, 0) is 12.6 Å². The van der Waals surface area contributed by atoms with Gasteiger partial charge in [0.2, 0.25) is 14.0 Å². The first-order valence-electron chi connectivity index (χ1n) is 10.5. The zero-order valence-electron chi connectivity index (χ0n) is 20.1. The van der Waals surface area contributed by atoms with Gasteiger partial charge in [-0.1, -0.05) is 26.2 Å². The summed E-state index contributed by atoms with van der Waals surface area (Å²) in [6, 6.07) is 0.192. The van der Waals surface area contributed by atoms with Crippen molar-refractivity contribution >= 4 is 22.5 Å². The molecule has 4 atom stereocenters. The minimum absolute atomic E-state index is 0.192. The van der Waals surface area contributed by atoms with Gasteiger partial charge in [-0.3, -0.25) is 0 Å². The highest BCUT2D eigenvalue weighted by Crippen LogP contribution is 2.62. The van der Waals surface area contributed by atoms with Crippen molar-refractivity contribution in [2.45, 2.75) is 98.9 Å². The van der Waals surface area contributed by atoms with Gasteiger partial charge < -0.3 is 4.43 Å². The molecule has 0 radical (unpaired) electrons. The normalized spacial score (nSPS) is 26.3. The Labute approximate surface area is 207 Å². The second-order valence-electron chi connectivity index (χ2n) is 10.3. The van der Waals surface area contributed by atoms with Crippen LogP contribution in [0, 0.1) is 0 Å². The predicted molar refractivity (Wildman–Crippen MR) is 108 cm³/mol. The molecule has 1 saturated heterocycles. The predicted octanol–water partition coefficient (Wildman–Crippen LogP) is 7.80. The van der Waals surface area contributed by atoms with E-state index in [1.807, 2.05) is 0 Å². The lowest BCUT2D eigenvalue weighted by molar-refractivity contribution is -0.432. The molecule has 0 aromatic heterocycles. The second kappa shape index (κ2) is 9.76. The summed E-state index contributed by atoms with van der Waals surface area (Å²) in [5.41, 5.74) is 0. The topological polar surface area (TPSA) is 9.23 Å². The SMILES string of the molecule is C[Si]1(C)CCO[Si](C)(C(F)C(F)(F)C(F)(F)C(F)(F)C(F)(F)C(F)(F)C(F)(F)C(F)C(F)C(F)F)[Si]1(C)C. The summed E-state index contributed by atoms with van der Waals surface area (Å²) in [5.74, 6) is -51.6. The average molecular weight is 651 g/mol. The lowest BCUT2D eigenvalue weighted by atomic mass is 9.89. The Morgan fingerprint density at radius 3 is 1.32 bits per heavy atom. The van der Waals surface area contributed by atoms with Crippen LogP contribution in [0.15, 0.2) is 0 Å². The molecule has 0 N–H and O–H groups in total. The highest BCUT2D eigenvalue weighted by atomic mass is 29.6.